The van der Waals surface area contributed by atoms with Crippen molar-refractivity contribution in [2.75, 3.05) is 4.90 Å². The van der Waals surface area contributed by atoms with Crippen molar-refractivity contribution in [2.24, 2.45) is 0 Å². The molecule has 0 saturated heterocycles. The first kappa shape index (κ1) is 14.1. The first-order valence-corrected chi connectivity index (χ1v) is 8.00. The van der Waals surface area contributed by atoms with E-state index in [-0.39, 0.29) is 0 Å². The third-order valence-corrected chi connectivity index (χ3v) is 4.46. The van der Waals surface area contributed by atoms with E-state index >= 15 is 0 Å². The summed E-state index contributed by atoms with van der Waals surface area (Å²) in [6.07, 6.45) is 2.22. The van der Waals surface area contributed by atoms with Crippen molar-refractivity contribution < 1.29 is 9.90 Å². The molecule has 5 heteroatoms. The lowest BCUT2D eigenvalue weighted by Crippen LogP contribution is -2.28. The molecule has 110 valence electrons. The van der Waals surface area contributed by atoms with Crippen molar-refractivity contribution in [1.82, 2.24) is 4.98 Å². The molecule has 1 saturated carbocycles. The van der Waals surface area contributed by atoms with Crippen LogP contribution < -0.4 is 4.90 Å². The lowest BCUT2D eigenvalue weighted by atomic mass is 10.1. The van der Waals surface area contributed by atoms with Crippen molar-refractivity contribution in [3.8, 4) is 0 Å². The summed E-state index contributed by atoms with van der Waals surface area (Å²) in [4.78, 5) is 18.3. The maximum atomic E-state index is 11.6. The second kappa shape index (κ2) is 5.48. The average molecular weight is 302 g/mol. The number of nitrogens with zero attached hydrogens (tertiary/aromatic N) is 2. The second-order valence-electron chi connectivity index (χ2n) is 5.57. The van der Waals surface area contributed by atoms with Gasteiger partial charge in [0.05, 0.1) is 0 Å². The molecule has 1 aliphatic rings. The van der Waals surface area contributed by atoms with Crippen LogP contribution in [0.25, 0.3) is 0 Å². The van der Waals surface area contributed by atoms with Gasteiger partial charge in [0.15, 0.2) is 0 Å². The molecule has 4 nitrogen and oxygen atoms in total. The van der Waals surface area contributed by atoms with E-state index in [1.165, 1.54) is 5.56 Å². The van der Waals surface area contributed by atoms with Gasteiger partial charge in [0.1, 0.15) is 11.4 Å². The van der Waals surface area contributed by atoms with Crippen LogP contribution in [-0.2, 0) is 6.54 Å². The molecule has 1 fully saturated rings. The lowest BCUT2D eigenvalue weighted by Gasteiger charge is -2.25. The van der Waals surface area contributed by atoms with Gasteiger partial charge in [0.25, 0.3) is 0 Å². The molecule has 0 spiro atoms. The number of anilines is 1. The summed E-state index contributed by atoms with van der Waals surface area (Å²) in [5.74, 6) is -0.278. The Balaban J connectivity index is 2.04. The van der Waals surface area contributed by atoms with E-state index in [0.29, 0.717) is 17.4 Å². The fourth-order valence-corrected chi connectivity index (χ4v) is 3.29. The summed E-state index contributed by atoms with van der Waals surface area (Å²) in [6, 6.07) is 4.34. The zero-order valence-electron chi connectivity index (χ0n) is 12.2. The number of hydrogen-bond donors (Lipinski definition) is 1. The molecular weight excluding hydrogens is 284 g/mol. The van der Waals surface area contributed by atoms with Gasteiger partial charge in [-0.15, -0.1) is 0 Å². The maximum Gasteiger partial charge on any atom is 0.339 e. The highest BCUT2D eigenvalue weighted by Gasteiger charge is 2.33. The molecule has 3 rings (SSSR count). The van der Waals surface area contributed by atoms with Crippen molar-refractivity contribution in [1.29, 1.82) is 0 Å². The van der Waals surface area contributed by atoms with E-state index in [1.807, 2.05) is 25.3 Å². The van der Waals surface area contributed by atoms with Gasteiger partial charge >= 0.3 is 5.97 Å². The first-order chi connectivity index (χ1) is 10.1. The van der Waals surface area contributed by atoms with E-state index < -0.39 is 5.97 Å². The van der Waals surface area contributed by atoms with Crippen molar-refractivity contribution in [2.45, 2.75) is 39.3 Å². The Hall–Kier alpha value is -1.88. The zero-order chi connectivity index (χ0) is 15.0. The van der Waals surface area contributed by atoms with Crippen LogP contribution in [0, 0.1) is 13.8 Å². The quantitative estimate of drug-likeness (QED) is 0.916. The zero-order valence-corrected chi connectivity index (χ0v) is 13.0. The van der Waals surface area contributed by atoms with Gasteiger partial charge in [-0.2, -0.15) is 11.3 Å². The molecule has 0 aromatic carbocycles. The van der Waals surface area contributed by atoms with Gasteiger partial charge < -0.3 is 10.0 Å². The van der Waals surface area contributed by atoms with Gasteiger partial charge in [0, 0.05) is 18.3 Å². The number of rotatable bonds is 5. The van der Waals surface area contributed by atoms with E-state index in [2.05, 4.69) is 21.3 Å². The smallest absolute Gasteiger partial charge is 0.339 e. The van der Waals surface area contributed by atoms with E-state index in [0.717, 1.165) is 30.6 Å². The summed E-state index contributed by atoms with van der Waals surface area (Å²) in [7, 11) is 0. The Kier molecular flexibility index (Phi) is 3.68. The van der Waals surface area contributed by atoms with Crippen LogP contribution in [0.15, 0.2) is 22.9 Å². The largest absolute Gasteiger partial charge is 0.478 e. The molecule has 2 aromatic rings. The molecule has 0 bridgehead atoms. The molecule has 0 amide bonds. The fourth-order valence-electron chi connectivity index (χ4n) is 2.63. The van der Waals surface area contributed by atoms with Gasteiger partial charge in [-0.1, -0.05) is 0 Å². The minimum atomic E-state index is -0.897. The van der Waals surface area contributed by atoms with Crippen molar-refractivity contribution in [3.05, 3.63) is 45.3 Å². The van der Waals surface area contributed by atoms with E-state index in [4.69, 9.17) is 0 Å². The Bertz CT molecular complexity index is 663. The third-order valence-electron chi connectivity index (χ3n) is 3.73. The Morgan fingerprint density at radius 2 is 2.24 bits per heavy atom. The number of carboxylic acids is 1. The number of pyridine rings is 1. The van der Waals surface area contributed by atoms with Crippen LogP contribution in [0.2, 0.25) is 0 Å². The van der Waals surface area contributed by atoms with Crippen molar-refractivity contribution >= 4 is 23.1 Å². The molecule has 0 atom stereocenters. The lowest BCUT2D eigenvalue weighted by molar-refractivity contribution is 0.0696. The molecule has 0 radical (unpaired) electrons. The standard InChI is InChI=1S/C16H18N2O2S/c1-10-7-11(2)17-15(14(10)16(19)20)18(13-3-4-13)8-12-5-6-21-9-12/h5-7,9,13H,3-4,8H2,1-2H3,(H,19,20). The molecule has 2 heterocycles. The molecule has 2 aromatic heterocycles. The number of hydrogen-bond acceptors (Lipinski definition) is 4. The number of thiophene rings is 1. The monoisotopic (exact) mass is 302 g/mol. The summed E-state index contributed by atoms with van der Waals surface area (Å²) in [5.41, 5.74) is 3.19. The number of aromatic carboxylic acids is 1. The van der Waals surface area contributed by atoms with E-state index in [1.54, 1.807) is 11.3 Å². The summed E-state index contributed by atoms with van der Waals surface area (Å²) in [6.45, 7) is 4.49. The van der Waals surface area contributed by atoms with Gasteiger partial charge in [0.2, 0.25) is 0 Å². The molecule has 1 aliphatic carbocycles. The summed E-state index contributed by atoms with van der Waals surface area (Å²) in [5, 5.41) is 13.7. The molecule has 0 aliphatic heterocycles. The molecular formula is C16H18N2O2S. The van der Waals surface area contributed by atoms with Crippen LogP contribution in [0.3, 0.4) is 0 Å². The minimum absolute atomic E-state index is 0.336. The Labute approximate surface area is 128 Å². The number of aromatic nitrogens is 1. The highest BCUT2D eigenvalue weighted by atomic mass is 32.1. The van der Waals surface area contributed by atoms with Crippen LogP contribution in [0.1, 0.15) is 40.0 Å². The highest BCUT2D eigenvalue weighted by Crippen LogP contribution is 2.35. The molecule has 1 N–H and O–H groups in total. The molecule has 0 unspecified atom stereocenters. The predicted molar refractivity (Wildman–Crippen MR) is 84.2 cm³/mol. The average Bonchev–Trinajstić information content (AvgIpc) is 3.11. The van der Waals surface area contributed by atoms with Crippen LogP contribution in [0.5, 0.6) is 0 Å². The predicted octanol–water partition coefficient (Wildman–Crippen LogP) is 3.63. The third kappa shape index (κ3) is 2.93. The first-order valence-electron chi connectivity index (χ1n) is 7.05. The van der Waals surface area contributed by atoms with Crippen LogP contribution >= 0.6 is 11.3 Å². The summed E-state index contributed by atoms with van der Waals surface area (Å²) < 4.78 is 0. The molecule has 21 heavy (non-hydrogen) atoms. The number of carbonyl (C=O) groups is 1. The minimum Gasteiger partial charge on any atom is -0.478 e. The fraction of sp³-hybridized carbons (Fsp3) is 0.375. The van der Waals surface area contributed by atoms with Gasteiger partial charge in [-0.25, -0.2) is 9.78 Å². The van der Waals surface area contributed by atoms with Crippen molar-refractivity contribution in [3.63, 3.8) is 0 Å². The number of carboxylic acid groups (broad SMARTS) is 1. The number of aryl methyl sites for hydroxylation is 2. The van der Waals surface area contributed by atoms with Gasteiger partial charge in [-0.05, 0) is 60.7 Å². The van der Waals surface area contributed by atoms with E-state index in [9.17, 15) is 9.90 Å². The van der Waals surface area contributed by atoms with Crippen LogP contribution in [0.4, 0.5) is 5.82 Å². The van der Waals surface area contributed by atoms with Crippen LogP contribution in [-0.4, -0.2) is 22.1 Å². The van der Waals surface area contributed by atoms with Gasteiger partial charge in [-0.3, -0.25) is 0 Å². The SMILES string of the molecule is Cc1cc(C)c(C(=O)O)c(N(Cc2ccsc2)C2CC2)n1. The maximum absolute atomic E-state index is 11.6. The Morgan fingerprint density at radius 3 is 2.81 bits per heavy atom. The Morgan fingerprint density at radius 1 is 1.48 bits per heavy atom. The topological polar surface area (TPSA) is 53.4 Å². The second-order valence-corrected chi connectivity index (χ2v) is 6.36. The summed E-state index contributed by atoms with van der Waals surface area (Å²) >= 11 is 1.66. The highest BCUT2D eigenvalue weighted by molar-refractivity contribution is 7.07. The normalized spacial score (nSPS) is 14.2.